The van der Waals surface area contributed by atoms with Gasteiger partial charge >= 0.3 is 0 Å². The van der Waals surface area contributed by atoms with Crippen molar-refractivity contribution in [1.82, 2.24) is 9.80 Å². The molecule has 0 aromatic rings. The summed E-state index contributed by atoms with van der Waals surface area (Å²) in [6, 6.07) is -0.635. The molecule has 0 radical (unpaired) electrons. The Bertz CT molecular complexity index is 419. The molecule has 0 N–H and O–H groups in total. The van der Waals surface area contributed by atoms with Crippen molar-refractivity contribution >= 4 is 17.6 Å². The van der Waals surface area contributed by atoms with E-state index in [0.29, 0.717) is 13.1 Å². The van der Waals surface area contributed by atoms with Crippen molar-refractivity contribution < 1.29 is 14.4 Å². The van der Waals surface area contributed by atoms with E-state index < -0.39 is 0 Å². The minimum absolute atomic E-state index is 0.0331. The van der Waals surface area contributed by atoms with Gasteiger partial charge in [0.05, 0.1) is 6.04 Å². The molecule has 5 nitrogen and oxygen atoms in total. The quantitative estimate of drug-likeness (QED) is 0.781. The van der Waals surface area contributed by atoms with E-state index in [-0.39, 0.29) is 35.6 Å². The lowest BCUT2D eigenvalue weighted by Crippen LogP contribution is -2.51. The maximum atomic E-state index is 12.7. The predicted octanol–water partition coefficient (Wildman–Crippen LogP) is 1.21. The van der Waals surface area contributed by atoms with Crippen LogP contribution in [0.5, 0.6) is 0 Å². The summed E-state index contributed by atoms with van der Waals surface area (Å²) in [6.45, 7) is 6.56. The number of hydrogen-bond acceptors (Lipinski definition) is 3. The molecule has 0 aliphatic carbocycles. The van der Waals surface area contributed by atoms with E-state index in [4.69, 9.17) is 0 Å². The Hall–Kier alpha value is -1.39. The minimum Gasteiger partial charge on any atom is -0.331 e. The number of nitrogens with zero attached hydrogens (tertiary/aromatic N) is 2. The molecule has 2 unspecified atom stereocenters. The zero-order valence-corrected chi connectivity index (χ0v) is 12.6. The van der Waals surface area contributed by atoms with E-state index in [0.717, 1.165) is 25.7 Å². The molecule has 2 rings (SSSR count). The normalized spacial score (nSPS) is 26.4. The Kier molecular flexibility index (Phi) is 4.45. The zero-order valence-electron chi connectivity index (χ0n) is 12.6. The summed E-state index contributed by atoms with van der Waals surface area (Å²) in [4.78, 5) is 39.9. The first-order valence-corrected chi connectivity index (χ1v) is 7.55. The molecule has 0 bridgehead atoms. The van der Waals surface area contributed by atoms with Gasteiger partial charge in [0, 0.05) is 19.0 Å². The van der Waals surface area contributed by atoms with Crippen LogP contribution in [0.4, 0.5) is 0 Å². The smallest absolute Gasteiger partial charge is 0.245 e. The monoisotopic (exact) mass is 280 g/mol. The number of Topliss-reactive ketones (excluding diaryl/α,β-unsaturated/α-hetero) is 1. The second-order valence-corrected chi connectivity index (χ2v) is 6.14. The molecule has 2 aliphatic heterocycles. The lowest BCUT2D eigenvalue weighted by molar-refractivity contribution is -0.147. The molecule has 2 amide bonds. The number of carbonyl (C=O) groups excluding carboxylic acids is 3. The molecule has 2 heterocycles. The van der Waals surface area contributed by atoms with E-state index >= 15 is 0 Å². The van der Waals surface area contributed by atoms with Gasteiger partial charge in [-0.3, -0.25) is 14.4 Å². The van der Waals surface area contributed by atoms with Crippen LogP contribution in [0.25, 0.3) is 0 Å². The van der Waals surface area contributed by atoms with Crippen LogP contribution in [0.2, 0.25) is 0 Å². The summed E-state index contributed by atoms with van der Waals surface area (Å²) in [7, 11) is 0. The molecule has 5 heteroatoms. The zero-order chi connectivity index (χ0) is 14.9. The van der Waals surface area contributed by atoms with Crippen molar-refractivity contribution in [3.05, 3.63) is 0 Å². The minimum atomic E-state index is -0.357. The van der Waals surface area contributed by atoms with Crippen molar-refractivity contribution in [3.63, 3.8) is 0 Å². The SMILES string of the molecule is CC(=O)C1CCCN1C(=O)C1CCCN1C(=O)C(C)C. The van der Waals surface area contributed by atoms with Gasteiger partial charge in [0.2, 0.25) is 11.8 Å². The van der Waals surface area contributed by atoms with Crippen LogP contribution in [0.15, 0.2) is 0 Å². The van der Waals surface area contributed by atoms with E-state index in [1.54, 1.807) is 16.7 Å². The van der Waals surface area contributed by atoms with Crippen molar-refractivity contribution in [2.24, 2.45) is 5.92 Å². The summed E-state index contributed by atoms with van der Waals surface area (Å²) in [5.74, 6) is -0.0326. The highest BCUT2D eigenvalue weighted by Gasteiger charge is 2.41. The van der Waals surface area contributed by atoms with E-state index in [1.165, 1.54) is 0 Å². The van der Waals surface area contributed by atoms with Gasteiger partial charge in [0.1, 0.15) is 6.04 Å². The molecule has 0 spiro atoms. The number of likely N-dealkylation sites (tertiary alicyclic amines) is 2. The van der Waals surface area contributed by atoms with Gasteiger partial charge < -0.3 is 9.80 Å². The van der Waals surface area contributed by atoms with Crippen LogP contribution in [-0.4, -0.2) is 52.6 Å². The average molecular weight is 280 g/mol. The summed E-state index contributed by atoms with van der Waals surface area (Å²) in [5, 5.41) is 0. The highest BCUT2D eigenvalue weighted by atomic mass is 16.2. The Morgan fingerprint density at radius 3 is 2.05 bits per heavy atom. The summed E-state index contributed by atoms with van der Waals surface area (Å²) in [5.41, 5.74) is 0. The molecule has 2 aliphatic rings. The highest BCUT2D eigenvalue weighted by Crippen LogP contribution is 2.26. The second kappa shape index (κ2) is 5.94. The van der Waals surface area contributed by atoms with Crippen molar-refractivity contribution in [3.8, 4) is 0 Å². The second-order valence-electron chi connectivity index (χ2n) is 6.14. The molecule has 20 heavy (non-hydrogen) atoms. The topological polar surface area (TPSA) is 57.7 Å². The van der Waals surface area contributed by atoms with Crippen LogP contribution in [0.1, 0.15) is 46.5 Å². The fraction of sp³-hybridized carbons (Fsp3) is 0.800. The molecule has 2 saturated heterocycles. The largest absolute Gasteiger partial charge is 0.331 e. The summed E-state index contributed by atoms with van der Waals surface area (Å²) < 4.78 is 0. The van der Waals surface area contributed by atoms with E-state index in [2.05, 4.69) is 0 Å². The fourth-order valence-electron chi connectivity index (χ4n) is 3.26. The fourth-order valence-corrected chi connectivity index (χ4v) is 3.26. The molecule has 0 aromatic heterocycles. The van der Waals surface area contributed by atoms with E-state index in [9.17, 15) is 14.4 Å². The third kappa shape index (κ3) is 2.72. The summed E-state index contributed by atoms with van der Waals surface area (Å²) in [6.07, 6.45) is 3.22. The van der Waals surface area contributed by atoms with Crippen LogP contribution >= 0.6 is 0 Å². The van der Waals surface area contributed by atoms with E-state index in [1.807, 2.05) is 13.8 Å². The van der Waals surface area contributed by atoms with Gasteiger partial charge in [-0.2, -0.15) is 0 Å². The molecule has 0 aromatic carbocycles. The lowest BCUT2D eigenvalue weighted by Gasteiger charge is -2.31. The Morgan fingerprint density at radius 1 is 0.950 bits per heavy atom. The molecule has 112 valence electrons. The average Bonchev–Trinajstić information content (AvgIpc) is 3.05. The van der Waals surface area contributed by atoms with Crippen LogP contribution < -0.4 is 0 Å². The lowest BCUT2D eigenvalue weighted by atomic mass is 10.1. The first-order valence-electron chi connectivity index (χ1n) is 7.55. The molecular formula is C15H24N2O3. The Labute approximate surface area is 120 Å². The molecule has 2 fully saturated rings. The predicted molar refractivity (Wildman–Crippen MR) is 75.0 cm³/mol. The maximum Gasteiger partial charge on any atom is 0.245 e. The summed E-state index contributed by atoms with van der Waals surface area (Å²) >= 11 is 0. The van der Waals surface area contributed by atoms with Crippen molar-refractivity contribution in [1.29, 1.82) is 0 Å². The number of carbonyl (C=O) groups is 3. The van der Waals surface area contributed by atoms with Gasteiger partial charge in [0.25, 0.3) is 0 Å². The maximum absolute atomic E-state index is 12.7. The van der Waals surface area contributed by atoms with Crippen LogP contribution in [0, 0.1) is 5.92 Å². The number of rotatable bonds is 3. The Balaban J connectivity index is 2.11. The standard InChI is InChI=1S/C15H24N2O3/c1-10(2)14(19)17-9-5-7-13(17)15(20)16-8-4-6-12(16)11(3)18/h10,12-13H,4-9H2,1-3H3. The highest BCUT2D eigenvalue weighted by molar-refractivity contribution is 5.93. The Morgan fingerprint density at radius 2 is 1.50 bits per heavy atom. The van der Waals surface area contributed by atoms with Gasteiger partial charge in [-0.1, -0.05) is 13.8 Å². The van der Waals surface area contributed by atoms with Crippen LogP contribution in [0.3, 0.4) is 0 Å². The van der Waals surface area contributed by atoms with Crippen molar-refractivity contribution in [2.45, 2.75) is 58.5 Å². The number of ketones is 1. The van der Waals surface area contributed by atoms with Crippen LogP contribution in [-0.2, 0) is 14.4 Å². The molecule has 0 saturated carbocycles. The third-order valence-corrected chi connectivity index (χ3v) is 4.32. The number of hydrogen-bond donors (Lipinski definition) is 0. The molecule has 2 atom stereocenters. The number of amides is 2. The third-order valence-electron chi connectivity index (χ3n) is 4.32. The van der Waals surface area contributed by atoms with Gasteiger partial charge in [0.15, 0.2) is 5.78 Å². The first kappa shape index (κ1) is 15.0. The van der Waals surface area contributed by atoms with Crippen molar-refractivity contribution in [2.75, 3.05) is 13.1 Å². The molecular weight excluding hydrogens is 256 g/mol. The van der Waals surface area contributed by atoms with Gasteiger partial charge in [-0.25, -0.2) is 0 Å². The van der Waals surface area contributed by atoms with Gasteiger partial charge in [-0.05, 0) is 32.6 Å². The first-order chi connectivity index (χ1) is 9.43. The van der Waals surface area contributed by atoms with Gasteiger partial charge in [-0.15, -0.1) is 0 Å².